The van der Waals surface area contributed by atoms with Crippen LogP contribution >= 0.6 is 0 Å². The molecule has 6 rings (SSSR count). The van der Waals surface area contributed by atoms with E-state index in [1.807, 2.05) is 82.5 Å². The summed E-state index contributed by atoms with van der Waals surface area (Å²) < 4.78 is 7.51. The van der Waals surface area contributed by atoms with Crippen LogP contribution in [0.4, 0.5) is 5.82 Å². The van der Waals surface area contributed by atoms with E-state index < -0.39 is 0 Å². The molecule has 0 N–H and O–H groups in total. The maximum atomic E-state index is 13.0. The average molecular weight is 509 g/mol. The Balaban J connectivity index is 1.29. The van der Waals surface area contributed by atoms with Crippen LogP contribution in [0.3, 0.4) is 0 Å². The van der Waals surface area contributed by atoms with E-state index in [0.29, 0.717) is 13.1 Å². The highest BCUT2D eigenvalue weighted by molar-refractivity contribution is 5.92. The van der Waals surface area contributed by atoms with Crippen molar-refractivity contribution in [1.29, 1.82) is 0 Å². The Morgan fingerprint density at radius 3 is 2.45 bits per heavy atom. The predicted molar refractivity (Wildman–Crippen MR) is 148 cm³/mol. The second-order valence-corrected chi connectivity index (χ2v) is 9.83. The van der Waals surface area contributed by atoms with Crippen molar-refractivity contribution in [2.75, 3.05) is 44.3 Å². The van der Waals surface area contributed by atoms with Crippen molar-refractivity contribution >= 4 is 28.8 Å². The van der Waals surface area contributed by atoms with Crippen molar-refractivity contribution in [2.24, 2.45) is 0 Å². The third kappa shape index (κ3) is 5.17. The number of nitrogens with zero attached hydrogens (tertiary/aromatic N) is 6. The minimum Gasteiger partial charge on any atom is -0.381 e. The standard InChI is InChI=1S/C30H32N6O2/c37-27(13-12-23-8-3-1-4-9-23)34-16-7-17-35(19-18-34)29-26-22-31-36(25-10-5-2-6-11-25)30(26)33-28(32-29)24-14-20-38-21-15-24/h1-6,8-13,22,24H,7,14-21H2/b13-12+. The quantitative estimate of drug-likeness (QED) is 0.371. The van der Waals surface area contributed by atoms with E-state index in [9.17, 15) is 4.79 Å². The second-order valence-electron chi connectivity index (χ2n) is 9.83. The molecular weight excluding hydrogens is 476 g/mol. The van der Waals surface area contributed by atoms with Gasteiger partial charge in [-0.1, -0.05) is 48.5 Å². The summed E-state index contributed by atoms with van der Waals surface area (Å²) in [6.45, 7) is 4.36. The van der Waals surface area contributed by atoms with Gasteiger partial charge >= 0.3 is 0 Å². The Hall–Kier alpha value is -4.04. The van der Waals surface area contributed by atoms with Gasteiger partial charge in [0.05, 0.1) is 17.3 Å². The van der Waals surface area contributed by atoms with Crippen molar-refractivity contribution in [3.8, 4) is 5.69 Å². The lowest BCUT2D eigenvalue weighted by Crippen LogP contribution is -2.34. The molecule has 2 aliphatic rings. The van der Waals surface area contributed by atoms with Crippen LogP contribution in [0.25, 0.3) is 22.8 Å². The molecule has 2 aromatic carbocycles. The maximum absolute atomic E-state index is 13.0. The molecule has 1 amide bonds. The summed E-state index contributed by atoms with van der Waals surface area (Å²) in [5.74, 6) is 2.08. The van der Waals surface area contributed by atoms with Crippen LogP contribution in [-0.4, -0.2) is 69.9 Å². The first-order valence-corrected chi connectivity index (χ1v) is 13.4. The fourth-order valence-corrected chi connectivity index (χ4v) is 5.23. The molecule has 0 bridgehead atoms. The maximum Gasteiger partial charge on any atom is 0.246 e. The van der Waals surface area contributed by atoms with Crippen LogP contribution in [0.15, 0.2) is 72.9 Å². The molecule has 4 aromatic rings. The Morgan fingerprint density at radius 1 is 0.895 bits per heavy atom. The minimum atomic E-state index is 0.0447. The first-order valence-electron chi connectivity index (χ1n) is 13.4. The second kappa shape index (κ2) is 11.1. The number of hydrogen-bond donors (Lipinski definition) is 0. The molecule has 0 aliphatic carbocycles. The highest BCUT2D eigenvalue weighted by Gasteiger charge is 2.26. The van der Waals surface area contributed by atoms with Gasteiger partial charge in [0.15, 0.2) is 5.65 Å². The molecule has 8 nitrogen and oxygen atoms in total. The minimum absolute atomic E-state index is 0.0447. The number of benzene rings is 2. The Morgan fingerprint density at radius 2 is 1.66 bits per heavy atom. The predicted octanol–water partition coefficient (Wildman–Crippen LogP) is 4.46. The summed E-state index contributed by atoms with van der Waals surface area (Å²) in [6.07, 6.45) is 8.15. The van der Waals surface area contributed by atoms with Crippen molar-refractivity contribution in [3.05, 3.63) is 84.3 Å². The molecule has 0 saturated carbocycles. The number of rotatable bonds is 5. The van der Waals surface area contributed by atoms with Crippen molar-refractivity contribution in [1.82, 2.24) is 24.6 Å². The van der Waals surface area contributed by atoms with E-state index in [1.165, 1.54) is 0 Å². The fourth-order valence-electron chi connectivity index (χ4n) is 5.23. The molecule has 2 fully saturated rings. The first-order chi connectivity index (χ1) is 18.8. The van der Waals surface area contributed by atoms with Gasteiger partial charge in [-0.2, -0.15) is 5.10 Å². The lowest BCUT2D eigenvalue weighted by Gasteiger charge is -2.25. The molecule has 0 atom stereocenters. The van der Waals surface area contributed by atoms with Gasteiger partial charge in [0.1, 0.15) is 11.6 Å². The van der Waals surface area contributed by atoms with E-state index in [2.05, 4.69) is 4.90 Å². The third-order valence-electron chi connectivity index (χ3n) is 7.34. The fraction of sp³-hybridized carbons (Fsp3) is 0.333. The number of amides is 1. The van der Waals surface area contributed by atoms with Gasteiger partial charge in [0, 0.05) is 51.4 Å². The molecule has 0 spiro atoms. The SMILES string of the molecule is O=C(/C=C/c1ccccc1)N1CCCN(c2nc(C3CCOCC3)nc3c2cnn3-c2ccccc2)CC1. The summed E-state index contributed by atoms with van der Waals surface area (Å²) in [6, 6.07) is 20.0. The largest absolute Gasteiger partial charge is 0.381 e. The summed E-state index contributed by atoms with van der Waals surface area (Å²) in [5.41, 5.74) is 2.82. The summed E-state index contributed by atoms with van der Waals surface area (Å²) >= 11 is 0. The molecule has 0 radical (unpaired) electrons. The number of hydrogen-bond acceptors (Lipinski definition) is 6. The Kier molecular flexibility index (Phi) is 7.13. The topological polar surface area (TPSA) is 76.4 Å². The highest BCUT2D eigenvalue weighted by atomic mass is 16.5. The number of para-hydroxylation sites is 1. The lowest BCUT2D eigenvalue weighted by molar-refractivity contribution is -0.125. The molecule has 0 unspecified atom stereocenters. The van der Waals surface area contributed by atoms with E-state index in [1.54, 1.807) is 6.08 Å². The number of anilines is 1. The van der Waals surface area contributed by atoms with E-state index in [-0.39, 0.29) is 11.8 Å². The zero-order valence-corrected chi connectivity index (χ0v) is 21.4. The van der Waals surface area contributed by atoms with E-state index in [4.69, 9.17) is 19.8 Å². The summed E-state index contributed by atoms with van der Waals surface area (Å²) in [4.78, 5) is 27.4. The Labute approximate surface area is 222 Å². The van der Waals surface area contributed by atoms with Crippen LogP contribution in [0.1, 0.15) is 36.6 Å². The van der Waals surface area contributed by atoms with Crippen LogP contribution < -0.4 is 4.90 Å². The van der Waals surface area contributed by atoms with Gasteiger partial charge in [0.25, 0.3) is 0 Å². The smallest absolute Gasteiger partial charge is 0.246 e. The van der Waals surface area contributed by atoms with Gasteiger partial charge in [-0.25, -0.2) is 14.6 Å². The van der Waals surface area contributed by atoms with Gasteiger partial charge < -0.3 is 14.5 Å². The van der Waals surface area contributed by atoms with Crippen LogP contribution in [0.2, 0.25) is 0 Å². The van der Waals surface area contributed by atoms with Crippen LogP contribution in [0.5, 0.6) is 0 Å². The molecule has 4 heterocycles. The van der Waals surface area contributed by atoms with E-state index in [0.717, 1.165) is 79.5 Å². The number of carbonyl (C=O) groups excluding carboxylic acids is 1. The number of aromatic nitrogens is 4. The molecule has 38 heavy (non-hydrogen) atoms. The van der Waals surface area contributed by atoms with Crippen molar-refractivity contribution < 1.29 is 9.53 Å². The zero-order chi connectivity index (χ0) is 25.7. The van der Waals surface area contributed by atoms with Crippen LogP contribution in [-0.2, 0) is 9.53 Å². The molecule has 2 aromatic heterocycles. The lowest BCUT2D eigenvalue weighted by atomic mass is 9.99. The van der Waals surface area contributed by atoms with Crippen LogP contribution in [0, 0.1) is 0 Å². The zero-order valence-electron chi connectivity index (χ0n) is 21.4. The number of ether oxygens (including phenoxy) is 1. The monoisotopic (exact) mass is 508 g/mol. The summed E-state index contributed by atoms with van der Waals surface area (Å²) in [7, 11) is 0. The number of carbonyl (C=O) groups is 1. The van der Waals surface area contributed by atoms with Crippen molar-refractivity contribution in [3.63, 3.8) is 0 Å². The Bertz CT molecular complexity index is 1410. The third-order valence-corrected chi connectivity index (χ3v) is 7.34. The van der Waals surface area contributed by atoms with Gasteiger partial charge in [-0.15, -0.1) is 0 Å². The average Bonchev–Trinajstić information content (AvgIpc) is 3.26. The van der Waals surface area contributed by atoms with Crippen molar-refractivity contribution in [2.45, 2.75) is 25.2 Å². The molecule has 8 heteroatoms. The molecule has 2 saturated heterocycles. The molecular formula is C30H32N6O2. The van der Waals surface area contributed by atoms with Gasteiger partial charge in [-0.05, 0) is 43.0 Å². The highest BCUT2D eigenvalue weighted by Crippen LogP contribution is 2.31. The summed E-state index contributed by atoms with van der Waals surface area (Å²) in [5, 5.41) is 5.65. The van der Waals surface area contributed by atoms with Gasteiger partial charge in [-0.3, -0.25) is 4.79 Å². The van der Waals surface area contributed by atoms with E-state index >= 15 is 0 Å². The normalized spacial score (nSPS) is 17.3. The molecule has 194 valence electrons. The van der Waals surface area contributed by atoms with Gasteiger partial charge in [0.2, 0.25) is 5.91 Å². The number of fused-ring (bicyclic) bond motifs is 1. The molecule has 2 aliphatic heterocycles. The first kappa shape index (κ1) is 24.3.